The fourth-order valence-corrected chi connectivity index (χ4v) is 3.64. The number of hydrogen-bond donors (Lipinski definition) is 0. The first kappa shape index (κ1) is 8.41. The third-order valence-corrected chi connectivity index (χ3v) is 4.53. The van der Waals surface area contributed by atoms with Gasteiger partial charge in [-0.25, -0.2) is 0 Å². The van der Waals surface area contributed by atoms with Crippen LogP contribution in [0.25, 0.3) is 0 Å². The van der Waals surface area contributed by atoms with Crippen molar-refractivity contribution in [2.75, 3.05) is 26.4 Å². The molecule has 0 N–H and O–H groups in total. The van der Waals surface area contributed by atoms with Crippen molar-refractivity contribution in [2.24, 2.45) is 0 Å². The van der Waals surface area contributed by atoms with E-state index >= 15 is 0 Å². The Labute approximate surface area is 70.5 Å². The molecule has 0 aromatic rings. The van der Waals surface area contributed by atoms with Crippen molar-refractivity contribution in [2.45, 2.75) is 0 Å². The molecule has 2 saturated heterocycles. The van der Waals surface area contributed by atoms with Gasteiger partial charge in [-0.2, -0.15) is 0 Å². The van der Waals surface area contributed by atoms with Gasteiger partial charge in [-0.15, -0.1) is 0 Å². The van der Waals surface area contributed by atoms with Gasteiger partial charge in [0, 0.05) is 0 Å². The Kier molecular flexibility index (Phi) is 1.86. The Morgan fingerprint density at radius 2 is 1.42 bits per heavy atom. The monoisotopic (exact) mass is 194 g/mol. The first-order chi connectivity index (χ1) is 5.79. The number of hydrogen-bond acceptors (Lipinski definition) is 5. The van der Waals surface area contributed by atoms with Crippen molar-refractivity contribution in [1.29, 1.82) is 0 Å². The standard InChI is InChI=1S/C6H11O5P/c1-2-7-12(8-3-4-9-12)10-5-6-11-12/h2H,1,3-6H2. The summed E-state index contributed by atoms with van der Waals surface area (Å²) in [6.45, 7) is 5.17. The van der Waals surface area contributed by atoms with Gasteiger partial charge in [-0.05, 0) is 0 Å². The average Bonchev–Trinajstić information content (AvgIpc) is 2.64. The molecule has 5 nitrogen and oxygen atoms in total. The summed E-state index contributed by atoms with van der Waals surface area (Å²) in [5.74, 6) is 0. The zero-order chi connectivity index (χ0) is 8.52. The molecule has 0 atom stereocenters. The molecule has 2 aliphatic heterocycles. The molecule has 2 fully saturated rings. The topological polar surface area (TPSA) is 46.2 Å². The van der Waals surface area contributed by atoms with Crippen LogP contribution in [0.3, 0.4) is 0 Å². The van der Waals surface area contributed by atoms with E-state index in [1.165, 1.54) is 6.26 Å². The molecule has 0 radical (unpaired) electrons. The molecule has 0 bridgehead atoms. The molecular weight excluding hydrogens is 183 g/mol. The molecule has 0 aliphatic carbocycles. The Morgan fingerprint density at radius 3 is 1.75 bits per heavy atom. The molecule has 12 heavy (non-hydrogen) atoms. The van der Waals surface area contributed by atoms with Crippen LogP contribution >= 0.6 is 7.74 Å². The van der Waals surface area contributed by atoms with Crippen LogP contribution < -0.4 is 0 Å². The summed E-state index contributed by atoms with van der Waals surface area (Å²) in [6.07, 6.45) is 1.23. The van der Waals surface area contributed by atoms with Gasteiger partial charge in [0.05, 0.1) is 0 Å². The molecule has 0 unspecified atom stereocenters. The second-order valence-electron chi connectivity index (χ2n) is 2.35. The predicted molar refractivity (Wildman–Crippen MR) is 42.0 cm³/mol. The van der Waals surface area contributed by atoms with Crippen molar-refractivity contribution >= 4 is 7.74 Å². The normalized spacial score (nSPS) is 34.2. The van der Waals surface area contributed by atoms with Crippen LogP contribution in [0.4, 0.5) is 0 Å². The Balaban J connectivity index is 2.24. The summed E-state index contributed by atoms with van der Waals surface area (Å²) in [5, 5.41) is 0. The van der Waals surface area contributed by atoms with Crippen molar-refractivity contribution in [1.82, 2.24) is 0 Å². The third-order valence-electron chi connectivity index (χ3n) is 1.62. The quantitative estimate of drug-likeness (QED) is 0.490. The maximum absolute atomic E-state index is 5.30. The van der Waals surface area contributed by atoms with Gasteiger partial charge in [0.25, 0.3) is 0 Å². The van der Waals surface area contributed by atoms with Gasteiger partial charge in [0.1, 0.15) is 0 Å². The van der Waals surface area contributed by atoms with E-state index in [0.29, 0.717) is 26.4 Å². The van der Waals surface area contributed by atoms with Crippen LogP contribution in [0.15, 0.2) is 12.8 Å². The molecule has 2 heterocycles. The van der Waals surface area contributed by atoms with Gasteiger partial charge >= 0.3 is 69.6 Å². The van der Waals surface area contributed by atoms with Crippen molar-refractivity contribution in [3.8, 4) is 0 Å². The maximum atomic E-state index is 5.30. The van der Waals surface area contributed by atoms with Crippen LogP contribution in [-0.4, -0.2) is 26.4 Å². The van der Waals surface area contributed by atoms with E-state index < -0.39 is 7.74 Å². The fourth-order valence-electron chi connectivity index (χ4n) is 1.21. The predicted octanol–water partition coefficient (Wildman–Crippen LogP) is 1.37. The van der Waals surface area contributed by atoms with Gasteiger partial charge < -0.3 is 0 Å². The van der Waals surface area contributed by atoms with Crippen LogP contribution in [-0.2, 0) is 22.6 Å². The zero-order valence-electron chi connectivity index (χ0n) is 6.60. The number of rotatable bonds is 2. The minimum atomic E-state index is -3.60. The van der Waals surface area contributed by atoms with Crippen LogP contribution in [0.1, 0.15) is 0 Å². The molecule has 2 aliphatic rings. The van der Waals surface area contributed by atoms with E-state index in [2.05, 4.69) is 6.58 Å². The van der Waals surface area contributed by atoms with Gasteiger partial charge in [-0.1, -0.05) is 0 Å². The van der Waals surface area contributed by atoms with E-state index in [-0.39, 0.29) is 0 Å². The van der Waals surface area contributed by atoms with Crippen molar-refractivity contribution in [3.63, 3.8) is 0 Å². The van der Waals surface area contributed by atoms with E-state index in [4.69, 9.17) is 22.6 Å². The van der Waals surface area contributed by atoms with Gasteiger partial charge in [0.2, 0.25) is 0 Å². The summed E-state index contributed by atoms with van der Waals surface area (Å²) >= 11 is 0. The van der Waals surface area contributed by atoms with E-state index in [9.17, 15) is 0 Å². The summed E-state index contributed by atoms with van der Waals surface area (Å²) in [5.41, 5.74) is 0. The molecule has 0 saturated carbocycles. The first-order valence-corrected chi connectivity index (χ1v) is 5.54. The minimum absolute atomic E-state index is 0.436. The third kappa shape index (κ3) is 1.06. The van der Waals surface area contributed by atoms with Crippen molar-refractivity contribution in [3.05, 3.63) is 12.8 Å². The van der Waals surface area contributed by atoms with Gasteiger partial charge in [0.15, 0.2) is 0 Å². The molecule has 0 aromatic heterocycles. The molecule has 70 valence electrons. The summed E-state index contributed by atoms with van der Waals surface area (Å²) < 4.78 is 26.3. The van der Waals surface area contributed by atoms with E-state index in [0.717, 1.165) is 0 Å². The fraction of sp³-hybridized carbons (Fsp3) is 0.667. The average molecular weight is 194 g/mol. The zero-order valence-corrected chi connectivity index (χ0v) is 7.50. The molecule has 0 amide bonds. The summed E-state index contributed by atoms with van der Waals surface area (Å²) in [6, 6.07) is 0. The molecule has 0 aromatic carbocycles. The van der Waals surface area contributed by atoms with Crippen molar-refractivity contribution < 1.29 is 22.6 Å². The Morgan fingerprint density at radius 1 is 1.00 bits per heavy atom. The SMILES string of the molecule is C=COP12(OCCO1)OCCO2. The van der Waals surface area contributed by atoms with E-state index in [1.54, 1.807) is 0 Å². The van der Waals surface area contributed by atoms with Gasteiger partial charge in [-0.3, -0.25) is 0 Å². The molecule has 2 rings (SSSR count). The molecular formula is C6H11O5P. The van der Waals surface area contributed by atoms with Crippen LogP contribution in [0.5, 0.6) is 0 Å². The van der Waals surface area contributed by atoms with Crippen LogP contribution in [0, 0.1) is 0 Å². The second kappa shape index (κ2) is 2.65. The Bertz CT molecular complexity index is 171. The molecule has 1 spiro atoms. The Hall–Kier alpha value is -0.190. The summed E-state index contributed by atoms with van der Waals surface area (Å²) in [4.78, 5) is 0. The van der Waals surface area contributed by atoms with Crippen LogP contribution in [0.2, 0.25) is 0 Å². The summed E-state index contributed by atoms with van der Waals surface area (Å²) in [7, 11) is -3.60. The molecule has 6 heteroatoms. The van der Waals surface area contributed by atoms with E-state index in [1.807, 2.05) is 0 Å². The second-order valence-corrected chi connectivity index (χ2v) is 5.08. The first-order valence-electron chi connectivity index (χ1n) is 3.71.